The second kappa shape index (κ2) is 5.97. The number of amides is 1. The number of hydrazine groups is 1. The highest BCUT2D eigenvalue weighted by Gasteiger charge is 2.18. The molecule has 0 aromatic heterocycles. The number of hydrogen-bond donors (Lipinski definition) is 2. The molecule has 0 spiro atoms. The topological polar surface area (TPSA) is 50.4 Å². The van der Waals surface area contributed by atoms with Crippen LogP contribution < -0.4 is 10.9 Å². The first-order valence-corrected chi connectivity index (χ1v) is 5.89. The van der Waals surface area contributed by atoms with Crippen LogP contribution in [-0.2, 0) is 4.74 Å². The smallest absolute Gasteiger partial charge is 0.422 e. The fourth-order valence-corrected chi connectivity index (χ4v) is 1.40. The van der Waals surface area contributed by atoms with Crippen LogP contribution in [0.15, 0.2) is 18.2 Å². The van der Waals surface area contributed by atoms with E-state index in [1.165, 1.54) is 12.1 Å². The van der Waals surface area contributed by atoms with Gasteiger partial charge in [-0.3, -0.25) is 5.43 Å². The molecular formula is C13H18F2N2O2. The van der Waals surface area contributed by atoms with Crippen molar-refractivity contribution in [3.63, 3.8) is 0 Å². The molecule has 0 aliphatic rings. The first kappa shape index (κ1) is 15.4. The van der Waals surface area contributed by atoms with E-state index in [4.69, 9.17) is 4.74 Å². The van der Waals surface area contributed by atoms with Gasteiger partial charge in [-0.25, -0.2) is 19.0 Å². The maximum Gasteiger partial charge on any atom is 0.422 e. The van der Waals surface area contributed by atoms with Crippen molar-refractivity contribution in [2.45, 2.75) is 39.3 Å². The third-order valence-corrected chi connectivity index (χ3v) is 2.24. The minimum atomic E-state index is -0.937. The number of ether oxygens (including phenoxy) is 1. The Morgan fingerprint density at radius 1 is 1.32 bits per heavy atom. The van der Waals surface area contributed by atoms with Crippen LogP contribution in [0.4, 0.5) is 13.6 Å². The lowest BCUT2D eigenvalue weighted by Crippen LogP contribution is -2.42. The zero-order chi connectivity index (χ0) is 14.6. The number of halogens is 2. The minimum Gasteiger partial charge on any atom is -0.443 e. The van der Waals surface area contributed by atoms with E-state index in [1.807, 2.05) is 0 Å². The third kappa shape index (κ3) is 4.82. The molecule has 1 amide bonds. The van der Waals surface area contributed by atoms with Gasteiger partial charge in [-0.05, 0) is 33.8 Å². The van der Waals surface area contributed by atoms with E-state index in [1.54, 1.807) is 27.7 Å². The Morgan fingerprint density at radius 3 is 2.53 bits per heavy atom. The molecule has 6 heteroatoms. The standard InChI is InChI=1S/C13H18F2N2O2/c1-8(9-6-5-7-10(14)11(9)15)16-17-12(18)19-13(2,3)4/h5-8,16H,1-4H3,(H,17,18). The van der Waals surface area contributed by atoms with E-state index < -0.39 is 29.4 Å². The van der Waals surface area contributed by atoms with E-state index in [0.717, 1.165) is 6.07 Å². The molecule has 0 aliphatic carbocycles. The average molecular weight is 272 g/mol. The molecule has 0 bridgehead atoms. The van der Waals surface area contributed by atoms with Gasteiger partial charge in [0.1, 0.15) is 5.60 Å². The monoisotopic (exact) mass is 272 g/mol. The van der Waals surface area contributed by atoms with Gasteiger partial charge < -0.3 is 4.74 Å². The highest BCUT2D eigenvalue weighted by molar-refractivity contribution is 5.67. The largest absolute Gasteiger partial charge is 0.443 e. The van der Waals surface area contributed by atoms with Crippen molar-refractivity contribution >= 4 is 6.09 Å². The molecule has 0 radical (unpaired) electrons. The summed E-state index contributed by atoms with van der Waals surface area (Å²) in [7, 11) is 0. The maximum absolute atomic E-state index is 13.5. The molecule has 1 unspecified atom stereocenters. The van der Waals surface area contributed by atoms with E-state index in [0.29, 0.717) is 0 Å². The summed E-state index contributed by atoms with van der Waals surface area (Å²) in [6.07, 6.45) is -0.684. The van der Waals surface area contributed by atoms with Crippen molar-refractivity contribution < 1.29 is 18.3 Å². The van der Waals surface area contributed by atoms with Crippen LogP contribution in [-0.4, -0.2) is 11.7 Å². The molecule has 0 aliphatic heterocycles. The number of benzene rings is 1. The summed E-state index contributed by atoms with van der Waals surface area (Å²) in [4.78, 5) is 11.4. The maximum atomic E-state index is 13.5. The minimum absolute atomic E-state index is 0.121. The summed E-state index contributed by atoms with van der Waals surface area (Å²) in [6, 6.07) is 3.28. The number of carbonyl (C=O) groups excluding carboxylic acids is 1. The molecule has 1 rings (SSSR count). The SMILES string of the molecule is CC(NNC(=O)OC(C)(C)C)c1cccc(F)c1F. The van der Waals surface area contributed by atoms with Crippen LogP contribution in [0.5, 0.6) is 0 Å². The molecule has 0 saturated carbocycles. The van der Waals surface area contributed by atoms with Crippen molar-refractivity contribution in [3.05, 3.63) is 35.4 Å². The van der Waals surface area contributed by atoms with Gasteiger partial charge in [0.05, 0.1) is 6.04 Å². The van der Waals surface area contributed by atoms with Gasteiger partial charge in [-0.1, -0.05) is 12.1 Å². The Kier molecular flexibility index (Phi) is 4.83. The second-order valence-electron chi connectivity index (χ2n) is 5.14. The van der Waals surface area contributed by atoms with Crippen molar-refractivity contribution in [3.8, 4) is 0 Å². The van der Waals surface area contributed by atoms with Crippen LogP contribution in [0, 0.1) is 11.6 Å². The van der Waals surface area contributed by atoms with Gasteiger partial charge in [-0.15, -0.1) is 0 Å². The second-order valence-corrected chi connectivity index (χ2v) is 5.14. The van der Waals surface area contributed by atoms with E-state index in [-0.39, 0.29) is 5.56 Å². The Labute approximate surface area is 111 Å². The zero-order valence-corrected chi connectivity index (χ0v) is 11.4. The fraction of sp³-hybridized carbons (Fsp3) is 0.462. The number of nitrogens with one attached hydrogen (secondary N) is 2. The van der Waals surface area contributed by atoms with Crippen LogP contribution in [0.25, 0.3) is 0 Å². The highest BCUT2D eigenvalue weighted by Crippen LogP contribution is 2.18. The lowest BCUT2D eigenvalue weighted by atomic mass is 10.1. The van der Waals surface area contributed by atoms with Crippen LogP contribution in [0.2, 0.25) is 0 Å². The van der Waals surface area contributed by atoms with E-state index in [9.17, 15) is 13.6 Å². The molecule has 1 aromatic rings. The third-order valence-electron chi connectivity index (χ3n) is 2.24. The van der Waals surface area contributed by atoms with Gasteiger partial charge in [0.2, 0.25) is 0 Å². The van der Waals surface area contributed by atoms with Crippen LogP contribution in [0.3, 0.4) is 0 Å². The molecule has 0 fully saturated rings. The van der Waals surface area contributed by atoms with Crippen molar-refractivity contribution in [1.82, 2.24) is 10.9 Å². The highest BCUT2D eigenvalue weighted by atomic mass is 19.2. The van der Waals surface area contributed by atoms with Gasteiger partial charge in [-0.2, -0.15) is 0 Å². The first-order chi connectivity index (χ1) is 8.70. The first-order valence-electron chi connectivity index (χ1n) is 5.89. The fourth-order valence-electron chi connectivity index (χ4n) is 1.40. The van der Waals surface area contributed by atoms with Gasteiger partial charge in [0.25, 0.3) is 0 Å². The lowest BCUT2D eigenvalue weighted by molar-refractivity contribution is 0.0489. The Hall–Kier alpha value is -1.69. The van der Waals surface area contributed by atoms with Gasteiger partial charge in [0.15, 0.2) is 11.6 Å². The normalized spacial score (nSPS) is 12.9. The molecular weight excluding hydrogens is 254 g/mol. The molecule has 0 heterocycles. The van der Waals surface area contributed by atoms with Gasteiger partial charge in [0, 0.05) is 5.56 Å². The Morgan fingerprint density at radius 2 is 1.95 bits per heavy atom. The lowest BCUT2D eigenvalue weighted by Gasteiger charge is -2.21. The molecule has 1 atom stereocenters. The zero-order valence-electron chi connectivity index (χ0n) is 11.4. The molecule has 106 valence electrons. The predicted octanol–water partition coefficient (Wildman–Crippen LogP) is 3.06. The van der Waals surface area contributed by atoms with Crippen LogP contribution >= 0.6 is 0 Å². The summed E-state index contributed by atoms with van der Waals surface area (Å²) in [5, 5.41) is 0. The number of carbonyl (C=O) groups is 1. The van der Waals surface area contributed by atoms with Crippen molar-refractivity contribution in [2.75, 3.05) is 0 Å². The van der Waals surface area contributed by atoms with E-state index in [2.05, 4.69) is 10.9 Å². The molecule has 4 nitrogen and oxygen atoms in total. The van der Waals surface area contributed by atoms with Crippen molar-refractivity contribution in [2.24, 2.45) is 0 Å². The quantitative estimate of drug-likeness (QED) is 0.831. The van der Waals surface area contributed by atoms with E-state index >= 15 is 0 Å². The number of hydrogen-bond acceptors (Lipinski definition) is 3. The summed E-state index contributed by atoms with van der Waals surface area (Å²) in [6.45, 7) is 6.77. The molecule has 0 saturated heterocycles. The van der Waals surface area contributed by atoms with Crippen LogP contribution in [0.1, 0.15) is 39.3 Å². The van der Waals surface area contributed by atoms with Gasteiger partial charge >= 0.3 is 6.09 Å². The predicted molar refractivity (Wildman–Crippen MR) is 67.3 cm³/mol. The Bertz CT molecular complexity index is 458. The number of rotatable bonds is 3. The summed E-state index contributed by atoms with van der Waals surface area (Å²) >= 11 is 0. The Balaban J connectivity index is 2.59. The molecule has 1 aromatic carbocycles. The van der Waals surface area contributed by atoms with Crippen molar-refractivity contribution in [1.29, 1.82) is 0 Å². The summed E-state index contributed by atoms with van der Waals surface area (Å²) in [5.41, 5.74) is 4.34. The molecule has 2 N–H and O–H groups in total. The molecule has 19 heavy (non-hydrogen) atoms. The summed E-state index contributed by atoms with van der Waals surface area (Å²) < 4.78 is 31.5. The average Bonchev–Trinajstić information content (AvgIpc) is 2.27. The summed E-state index contributed by atoms with van der Waals surface area (Å²) in [5.74, 6) is -1.86.